The number of para-hydroxylation sites is 2. The van der Waals surface area contributed by atoms with Crippen molar-refractivity contribution in [3.05, 3.63) is 54.1 Å². The molecule has 9 heteroatoms. The highest BCUT2D eigenvalue weighted by molar-refractivity contribution is 7.92. The highest BCUT2D eigenvalue weighted by atomic mass is 32.2. The molecule has 0 atom stereocenters. The third kappa shape index (κ3) is 3.62. The SMILES string of the molecule is Cc1ccc(S(=O)(=O)c2c(N)n(CC[NH+]3CCOCC3)c3nc4ccccc4nc23)cc1. The van der Waals surface area contributed by atoms with Crippen molar-refractivity contribution in [2.45, 2.75) is 23.3 Å². The van der Waals surface area contributed by atoms with E-state index in [1.54, 1.807) is 28.8 Å². The molecule has 0 radical (unpaired) electrons. The van der Waals surface area contributed by atoms with Crippen LogP contribution in [-0.4, -0.2) is 55.8 Å². The summed E-state index contributed by atoms with van der Waals surface area (Å²) in [7, 11) is -3.88. The van der Waals surface area contributed by atoms with Crippen molar-refractivity contribution in [2.75, 3.05) is 38.6 Å². The van der Waals surface area contributed by atoms with Gasteiger partial charge >= 0.3 is 0 Å². The zero-order valence-electron chi connectivity index (χ0n) is 17.9. The van der Waals surface area contributed by atoms with E-state index in [4.69, 9.17) is 20.4 Å². The van der Waals surface area contributed by atoms with Crippen molar-refractivity contribution in [3.8, 4) is 0 Å². The molecule has 166 valence electrons. The molecule has 32 heavy (non-hydrogen) atoms. The summed E-state index contributed by atoms with van der Waals surface area (Å²) in [6, 6.07) is 14.2. The zero-order chi connectivity index (χ0) is 22.3. The third-order valence-corrected chi connectivity index (χ3v) is 7.87. The van der Waals surface area contributed by atoms with Gasteiger partial charge in [0.25, 0.3) is 0 Å². The molecule has 1 saturated heterocycles. The van der Waals surface area contributed by atoms with E-state index >= 15 is 0 Å². The van der Waals surface area contributed by atoms with Crippen LogP contribution in [0.2, 0.25) is 0 Å². The fourth-order valence-electron chi connectivity index (χ4n) is 4.20. The smallest absolute Gasteiger partial charge is 0.212 e. The average Bonchev–Trinajstić information content (AvgIpc) is 3.07. The number of benzene rings is 2. The number of sulfone groups is 1. The molecule has 4 aromatic rings. The zero-order valence-corrected chi connectivity index (χ0v) is 18.7. The molecule has 3 N–H and O–H groups in total. The van der Waals surface area contributed by atoms with E-state index in [9.17, 15) is 8.42 Å². The van der Waals surface area contributed by atoms with Gasteiger partial charge in [-0.25, -0.2) is 18.4 Å². The number of morpholine rings is 1. The molecular weight excluding hydrogens is 426 g/mol. The van der Waals surface area contributed by atoms with Crippen LogP contribution in [-0.2, 0) is 21.1 Å². The monoisotopic (exact) mass is 452 g/mol. The van der Waals surface area contributed by atoms with E-state index in [1.165, 1.54) is 4.90 Å². The first-order valence-electron chi connectivity index (χ1n) is 10.7. The van der Waals surface area contributed by atoms with Gasteiger partial charge in [0.2, 0.25) is 9.84 Å². The molecule has 0 saturated carbocycles. The van der Waals surface area contributed by atoms with E-state index < -0.39 is 9.84 Å². The van der Waals surface area contributed by atoms with Crippen molar-refractivity contribution in [2.24, 2.45) is 0 Å². The Balaban J connectivity index is 1.68. The van der Waals surface area contributed by atoms with Gasteiger partial charge in [0.1, 0.15) is 29.3 Å². The maximum absolute atomic E-state index is 13.7. The van der Waals surface area contributed by atoms with Gasteiger partial charge in [-0.05, 0) is 31.2 Å². The highest BCUT2D eigenvalue weighted by Gasteiger charge is 2.30. The second-order valence-corrected chi connectivity index (χ2v) is 10.1. The second-order valence-electron chi connectivity index (χ2n) is 8.18. The number of nitrogens with zero attached hydrogens (tertiary/aromatic N) is 3. The molecule has 1 aliphatic heterocycles. The Labute approximate surface area is 186 Å². The Morgan fingerprint density at radius 1 is 1.03 bits per heavy atom. The first-order valence-corrected chi connectivity index (χ1v) is 12.2. The molecule has 0 bridgehead atoms. The normalized spacial score (nSPS) is 15.5. The number of nitrogens with one attached hydrogen (secondary N) is 1. The Hall–Kier alpha value is -3.01. The van der Waals surface area contributed by atoms with Crippen LogP contribution in [0.25, 0.3) is 22.2 Å². The Morgan fingerprint density at radius 3 is 2.38 bits per heavy atom. The predicted molar refractivity (Wildman–Crippen MR) is 122 cm³/mol. The fourth-order valence-corrected chi connectivity index (χ4v) is 5.70. The van der Waals surface area contributed by atoms with E-state index in [-0.39, 0.29) is 15.6 Å². The van der Waals surface area contributed by atoms with Gasteiger partial charge in [0.05, 0.1) is 42.2 Å². The summed E-state index contributed by atoms with van der Waals surface area (Å²) in [5.74, 6) is 0.184. The van der Waals surface area contributed by atoms with Crippen molar-refractivity contribution in [1.82, 2.24) is 14.5 Å². The summed E-state index contributed by atoms with van der Waals surface area (Å²) in [6.45, 7) is 6.57. The lowest BCUT2D eigenvalue weighted by Crippen LogP contribution is -3.14. The molecule has 5 rings (SSSR count). The minimum Gasteiger partial charge on any atom is -0.384 e. The van der Waals surface area contributed by atoms with E-state index in [0.717, 1.165) is 38.4 Å². The third-order valence-electron chi connectivity index (χ3n) is 6.04. The standard InChI is InChI=1S/C23H25N5O3S/c1-16-6-8-17(9-7-16)32(29,30)21-20-23(26-19-5-3-2-4-18(19)25-20)28(22(21)24)11-10-27-12-14-31-15-13-27/h2-9H,10-15,24H2,1H3/p+1. The minimum atomic E-state index is -3.88. The Kier molecular flexibility index (Phi) is 5.32. The van der Waals surface area contributed by atoms with Gasteiger partial charge in [0, 0.05) is 0 Å². The topological polar surface area (TPSA) is 105 Å². The maximum atomic E-state index is 13.7. The van der Waals surface area contributed by atoms with Crippen LogP contribution in [0.1, 0.15) is 5.56 Å². The van der Waals surface area contributed by atoms with Gasteiger partial charge in [-0.1, -0.05) is 29.8 Å². The number of aryl methyl sites for hydroxylation is 1. The van der Waals surface area contributed by atoms with E-state index in [0.29, 0.717) is 28.7 Å². The van der Waals surface area contributed by atoms with Crippen LogP contribution in [0.4, 0.5) is 5.82 Å². The lowest BCUT2D eigenvalue weighted by Gasteiger charge is -2.24. The van der Waals surface area contributed by atoms with Gasteiger partial charge in [-0.3, -0.25) is 0 Å². The number of ether oxygens (including phenoxy) is 1. The molecule has 0 spiro atoms. The molecule has 0 unspecified atom stereocenters. The van der Waals surface area contributed by atoms with Gasteiger partial charge < -0.3 is 19.9 Å². The second kappa shape index (κ2) is 8.16. The molecule has 8 nitrogen and oxygen atoms in total. The molecule has 2 aromatic heterocycles. The van der Waals surface area contributed by atoms with Crippen molar-refractivity contribution in [3.63, 3.8) is 0 Å². The first kappa shape index (κ1) is 20.9. The first-order chi connectivity index (χ1) is 15.4. The van der Waals surface area contributed by atoms with Crippen LogP contribution in [0.15, 0.2) is 58.3 Å². The number of fused-ring (bicyclic) bond motifs is 2. The number of aromatic nitrogens is 3. The fraction of sp³-hybridized carbons (Fsp3) is 0.304. The quantitative estimate of drug-likeness (QED) is 0.472. The molecule has 3 heterocycles. The van der Waals surface area contributed by atoms with Gasteiger partial charge in [-0.15, -0.1) is 0 Å². The Bertz CT molecular complexity index is 1390. The predicted octanol–water partition coefficient (Wildman–Crippen LogP) is 1.22. The number of hydrogen-bond acceptors (Lipinski definition) is 6. The summed E-state index contributed by atoms with van der Waals surface area (Å²) in [6.07, 6.45) is 0. The molecule has 2 aromatic carbocycles. The summed E-state index contributed by atoms with van der Waals surface area (Å²) < 4.78 is 34.6. The Morgan fingerprint density at radius 2 is 1.69 bits per heavy atom. The lowest BCUT2D eigenvalue weighted by atomic mass is 10.2. The van der Waals surface area contributed by atoms with Crippen molar-refractivity contribution < 1.29 is 18.1 Å². The molecule has 0 aliphatic carbocycles. The van der Waals surface area contributed by atoms with Gasteiger partial charge in [-0.2, -0.15) is 0 Å². The van der Waals surface area contributed by atoms with E-state index in [2.05, 4.69) is 0 Å². The van der Waals surface area contributed by atoms with Crippen LogP contribution < -0.4 is 10.6 Å². The summed E-state index contributed by atoms with van der Waals surface area (Å²) in [4.78, 5) is 11.1. The maximum Gasteiger partial charge on any atom is 0.212 e. The number of nitrogen functional groups attached to an aromatic ring is 1. The molecular formula is C23H26N5O3S+. The van der Waals surface area contributed by atoms with Crippen molar-refractivity contribution in [1.29, 1.82) is 0 Å². The lowest BCUT2D eigenvalue weighted by molar-refractivity contribution is -0.908. The molecule has 0 amide bonds. The number of rotatable bonds is 5. The highest BCUT2D eigenvalue weighted by Crippen LogP contribution is 2.35. The van der Waals surface area contributed by atoms with Crippen LogP contribution >= 0.6 is 0 Å². The number of nitrogens with two attached hydrogens (primary N) is 1. The number of hydrogen-bond donors (Lipinski definition) is 2. The summed E-state index contributed by atoms with van der Waals surface area (Å²) in [5.41, 5.74) is 9.66. The van der Waals surface area contributed by atoms with Gasteiger partial charge in [0.15, 0.2) is 5.65 Å². The molecule has 1 aliphatic rings. The van der Waals surface area contributed by atoms with Crippen LogP contribution in [0.3, 0.4) is 0 Å². The largest absolute Gasteiger partial charge is 0.384 e. The summed E-state index contributed by atoms with van der Waals surface area (Å²) in [5, 5.41) is 0. The van der Waals surface area contributed by atoms with Crippen LogP contribution in [0, 0.1) is 6.92 Å². The molecule has 1 fully saturated rings. The van der Waals surface area contributed by atoms with Crippen molar-refractivity contribution >= 4 is 37.9 Å². The number of anilines is 1. The number of quaternary nitrogens is 1. The van der Waals surface area contributed by atoms with Crippen LogP contribution in [0.5, 0.6) is 0 Å². The van der Waals surface area contributed by atoms with E-state index in [1.807, 2.05) is 31.2 Å². The summed E-state index contributed by atoms with van der Waals surface area (Å²) >= 11 is 0. The average molecular weight is 453 g/mol. The minimum absolute atomic E-state index is 0.0339.